The summed E-state index contributed by atoms with van der Waals surface area (Å²) in [6.45, 7) is 8.67. The normalized spacial score (nSPS) is 15.9. The molecule has 23 heavy (non-hydrogen) atoms. The zero-order valence-corrected chi connectivity index (χ0v) is 14.0. The van der Waals surface area contributed by atoms with Gasteiger partial charge in [-0.2, -0.15) is 0 Å². The van der Waals surface area contributed by atoms with Gasteiger partial charge in [0.2, 0.25) is 18.6 Å². The van der Waals surface area contributed by atoms with Crippen LogP contribution in [0.2, 0.25) is 0 Å². The van der Waals surface area contributed by atoms with Crippen molar-refractivity contribution in [3.05, 3.63) is 35.5 Å². The third kappa shape index (κ3) is 3.64. The minimum absolute atomic E-state index is 0.0242. The van der Waals surface area contributed by atoms with Crippen LogP contribution in [0.15, 0.2) is 22.6 Å². The smallest absolute Gasteiger partial charge is 0.233 e. The summed E-state index contributed by atoms with van der Waals surface area (Å²) < 4.78 is 16.5. The van der Waals surface area contributed by atoms with E-state index in [1.807, 2.05) is 25.1 Å². The molecule has 1 N–H and O–H groups in total. The maximum absolute atomic E-state index is 5.74. The highest BCUT2D eigenvalue weighted by Gasteiger charge is 2.20. The molecule has 124 valence electrons. The second-order valence-electron chi connectivity index (χ2n) is 6.35. The summed E-state index contributed by atoms with van der Waals surface area (Å²) in [6.07, 6.45) is 0.803. The number of hydrogen-bond acceptors (Lipinski definition) is 6. The molecule has 1 aliphatic heterocycles. The van der Waals surface area contributed by atoms with Gasteiger partial charge in [-0.15, -0.1) is 10.2 Å². The lowest BCUT2D eigenvalue weighted by Crippen LogP contribution is -2.22. The van der Waals surface area contributed by atoms with E-state index in [1.165, 1.54) is 0 Å². The molecule has 1 aliphatic rings. The molecule has 0 aliphatic carbocycles. The van der Waals surface area contributed by atoms with Gasteiger partial charge in [0.25, 0.3) is 0 Å². The predicted octanol–water partition coefficient (Wildman–Crippen LogP) is 3.41. The van der Waals surface area contributed by atoms with E-state index in [0.29, 0.717) is 17.7 Å². The maximum Gasteiger partial charge on any atom is 0.233 e. The first-order chi connectivity index (χ1) is 11.0. The number of rotatable bonds is 6. The molecule has 1 aromatic carbocycles. The van der Waals surface area contributed by atoms with Gasteiger partial charge < -0.3 is 13.9 Å². The van der Waals surface area contributed by atoms with Gasteiger partial charge in [-0.25, -0.2) is 0 Å². The fourth-order valence-corrected chi connectivity index (χ4v) is 2.60. The number of aromatic nitrogens is 2. The van der Waals surface area contributed by atoms with E-state index in [-0.39, 0.29) is 18.9 Å². The van der Waals surface area contributed by atoms with Crippen molar-refractivity contribution in [2.24, 2.45) is 5.92 Å². The van der Waals surface area contributed by atoms with Crippen molar-refractivity contribution in [3.63, 3.8) is 0 Å². The molecule has 0 amide bonds. The molecule has 6 heteroatoms. The third-order valence-corrected chi connectivity index (χ3v) is 3.83. The van der Waals surface area contributed by atoms with Gasteiger partial charge >= 0.3 is 0 Å². The van der Waals surface area contributed by atoms with Crippen LogP contribution in [0.25, 0.3) is 0 Å². The average molecular weight is 317 g/mol. The van der Waals surface area contributed by atoms with E-state index >= 15 is 0 Å². The first-order valence-corrected chi connectivity index (χ1v) is 8.00. The van der Waals surface area contributed by atoms with Crippen LogP contribution in [-0.4, -0.2) is 17.0 Å². The molecule has 0 saturated carbocycles. The minimum atomic E-state index is -0.0242. The SMILES string of the molecule is CC(C)Cc1nnc(C(C)NC(C)c2ccc3c(c2)OCO3)o1. The Hall–Kier alpha value is -2.08. The summed E-state index contributed by atoms with van der Waals surface area (Å²) in [5, 5.41) is 11.7. The highest BCUT2D eigenvalue weighted by molar-refractivity contribution is 5.45. The van der Waals surface area contributed by atoms with Crippen LogP contribution in [0.3, 0.4) is 0 Å². The lowest BCUT2D eigenvalue weighted by atomic mass is 10.1. The molecule has 2 aromatic rings. The first-order valence-electron chi connectivity index (χ1n) is 8.00. The highest BCUT2D eigenvalue weighted by Crippen LogP contribution is 2.34. The maximum atomic E-state index is 5.74. The lowest BCUT2D eigenvalue weighted by Gasteiger charge is -2.18. The summed E-state index contributed by atoms with van der Waals surface area (Å²) in [5.74, 6) is 3.40. The Bertz CT molecular complexity index is 669. The van der Waals surface area contributed by atoms with Crippen LogP contribution >= 0.6 is 0 Å². The van der Waals surface area contributed by atoms with Crippen LogP contribution in [0, 0.1) is 5.92 Å². The molecule has 1 aromatic heterocycles. The molecule has 0 radical (unpaired) electrons. The Balaban J connectivity index is 1.65. The Labute approximate surface area is 136 Å². The standard InChI is InChI=1S/C17H23N3O3/c1-10(2)7-16-19-20-17(23-16)12(4)18-11(3)13-5-6-14-15(8-13)22-9-21-14/h5-6,8,10-12,18H,7,9H2,1-4H3. The monoisotopic (exact) mass is 317 g/mol. The Kier molecular flexibility index (Phi) is 4.52. The van der Waals surface area contributed by atoms with Crippen molar-refractivity contribution >= 4 is 0 Å². The third-order valence-electron chi connectivity index (χ3n) is 3.83. The number of fused-ring (bicyclic) bond motifs is 1. The minimum Gasteiger partial charge on any atom is -0.454 e. The summed E-state index contributed by atoms with van der Waals surface area (Å²) in [7, 11) is 0. The van der Waals surface area contributed by atoms with E-state index in [0.717, 1.165) is 23.5 Å². The number of nitrogens with zero attached hydrogens (tertiary/aromatic N) is 2. The van der Waals surface area contributed by atoms with Crippen molar-refractivity contribution in [2.75, 3.05) is 6.79 Å². The zero-order valence-electron chi connectivity index (χ0n) is 14.0. The largest absolute Gasteiger partial charge is 0.454 e. The summed E-state index contributed by atoms with van der Waals surface area (Å²) >= 11 is 0. The first kappa shape index (κ1) is 15.8. The highest BCUT2D eigenvalue weighted by atomic mass is 16.7. The summed E-state index contributed by atoms with van der Waals surface area (Å²) in [6, 6.07) is 6.08. The zero-order chi connectivity index (χ0) is 16.4. The number of benzene rings is 1. The topological polar surface area (TPSA) is 69.4 Å². The number of hydrogen-bond donors (Lipinski definition) is 1. The molecule has 0 saturated heterocycles. The lowest BCUT2D eigenvalue weighted by molar-refractivity contribution is 0.174. The molecular weight excluding hydrogens is 294 g/mol. The van der Waals surface area contributed by atoms with Crippen molar-refractivity contribution in [1.82, 2.24) is 15.5 Å². The van der Waals surface area contributed by atoms with Crippen molar-refractivity contribution in [2.45, 2.75) is 46.2 Å². The van der Waals surface area contributed by atoms with Gasteiger partial charge in [0.15, 0.2) is 11.5 Å². The van der Waals surface area contributed by atoms with Crippen LogP contribution in [0.4, 0.5) is 0 Å². The molecule has 0 fully saturated rings. The second kappa shape index (κ2) is 6.58. The predicted molar refractivity (Wildman–Crippen MR) is 85.4 cm³/mol. The van der Waals surface area contributed by atoms with Gasteiger partial charge in [0.1, 0.15) is 0 Å². The van der Waals surface area contributed by atoms with Crippen LogP contribution in [-0.2, 0) is 6.42 Å². The van der Waals surface area contributed by atoms with E-state index in [4.69, 9.17) is 13.9 Å². The molecule has 6 nitrogen and oxygen atoms in total. The van der Waals surface area contributed by atoms with Crippen LogP contribution in [0.5, 0.6) is 11.5 Å². The molecule has 2 unspecified atom stereocenters. The van der Waals surface area contributed by atoms with Crippen molar-refractivity contribution in [1.29, 1.82) is 0 Å². The molecule has 3 rings (SSSR count). The summed E-state index contributed by atoms with van der Waals surface area (Å²) in [5.41, 5.74) is 1.13. The van der Waals surface area contributed by atoms with E-state index in [2.05, 4.69) is 36.3 Å². The van der Waals surface area contributed by atoms with Crippen molar-refractivity contribution in [3.8, 4) is 11.5 Å². The van der Waals surface area contributed by atoms with Gasteiger partial charge in [0, 0.05) is 12.5 Å². The van der Waals surface area contributed by atoms with Gasteiger partial charge in [-0.3, -0.25) is 5.32 Å². The molecule has 2 atom stereocenters. The van der Waals surface area contributed by atoms with E-state index in [1.54, 1.807) is 0 Å². The van der Waals surface area contributed by atoms with Crippen LogP contribution in [0.1, 0.15) is 57.1 Å². The fraction of sp³-hybridized carbons (Fsp3) is 0.529. The van der Waals surface area contributed by atoms with Gasteiger partial charge in [0.05, 0.1) is 6.04 Å². The molecule has 2 heterocycles. The number of ether oxygens (including phenoxy) is 2. The molecule has 0 bridgehead atoms. The second-order valence-corrected chi connectivity index (χ2v) is 6.35. The van der Waals surface area contributed by atoms with Gasteiger partial charge in [-0.1, -0.05) is 19.9 Å². The number of nitrogens with one attached hydrogen (secondary N) is 1. The van der Waals surface area contributed by atoms with E-state index in [9.17, 15) is 0 Å². The van der Waals surface area contributed by atoms with Gasteiger partial charge in [-0.05, 0) is 37.5 Å². The Morgan fingerprint density at radius 2 is 1.83 bits per heavy atom. The molecule has 0 spiro atoms. The average Bonchev–Trinajstić information content (AvgIpc) is 3.14. The Morgan fingerprint density at radius 3 is 2.61 bits per heavy atom. The van der Waals surface area contributed by atoms with Crippen LogP contribution < -0.4 is 14.8 Å². The quantitative estimate of drug-likeness (QED) is 0.880. The fourth-order valence-electron chi connectivity index (χ4n) is 2.60. The molecular formula is C17H23N3O3. The summed E-state index contributed by atoms with van der Waals surface area (Å²) in [4.78, 5) is 0. The van der Waals surface area contributed by atoms with Crippen molar-refractivity contribution < 1.29 is 13.9 Å². The Morgan fingerprint density at radius 1 is 1.04 bits per heavy atom. The van der Waals surface area contributed by atoms with E-state index < -0.39 is 0 Å².